The van der Waals surface area contributed by atoms with E-state index in [-0.39, 0.29) is 29.5 Å². The number of Topliss-reactive ketones (excluding diaryl/α,β-unsaturated/α-hetero) is 1. The lowest BCUT2D eigenvalue weighted by Crippen LogP contribution is -2.50. The van der Waals surface area contributed by atoms with Crippen molar-refractivity contribution in [3.05, 3.63) is 59.1 Å². The van der Waals surface area contributed by atoms with E-state index in [4.69, 9.17) is 0 Å². The van der Waals surface area contributed by atoms with Crippen LogP contribution in [0.1, 0.15) is 24.8 Å². The summed E-state index contributed by atoms with van der Waals surface area (Å²) in [4.78, 5) is 35.5. The van der Waals surface area contributed by atoms with Crippen LogP contribution in [-0.4, -0.2) is 123 Å². The molecular formula is C29H43ClN6O2. The summed E-state index contributed by atoms with van der Waals surface area (Å²) in [6.07, 6.45) is 5.22. The summed E-state index contributed by atoms with van der Waals surface area (Å²) in [5.74, 6) is 0.0485. The molecule has 208 valence electrons. The number of allylic oxidation sites excluding steroid dienone is 1. The Balaban J connectivity index is 0.000000174. The van der Waals surface area contributed by atoms with Gasteiger partial charge in [0.25, 0.3) is 0 Å². The molecule has 0 amide bonds. The second-order valence-corrected chi connectivity index (χ2v) is 11.0. The van der Waals surface area contributed by atoms with Gasteiger partial charge < -0.3 is 24.9 Å². The molecule has 1 aromatic carbocycles. The third-order valence-electron chi connectivity index (χ3n) is 8.24. The molecule has 0 bridgehead atoms. The van der Waals surface area contributed by atoms with Crippen molar-refractivity contribution in [1.82, 2.24) is 29.8 Å². The molecule has 38 heavy (non-hydrogen) atoms. The third kappa shape index (κ3) is 6.25. The Morgan fingerprint density at radius 3 is 1.95 bits per heavy atom. The van der Waals surface area contributed by atoms with Gasteiger partial charge in [-0.15, -0.1) is 12.4 Å². The minimum absolute atomic E-state index is 0. The highest BCUT2D eigenvalue weighted by Gasteiger charge is 2.43. The Morgan fingerprint density at radius 1 is 0.842 bits per heavy atom. The van der Waals surface area contributed by atoms with E-state index in [0.29, 0.717) is 17.1 Å². The van der Waals surface area contributed by atoms with Gasteiger partial charge >= 0.3 is 0 Å². The minimum atomic E-state index is 0. The van der Waals surface area contributed by atoms with Crippen LogP contribution in [0.25, 0.3) is 0 Å². The van der Waals surface area contributed by atoms with Crippen molar-refractivity contribution in [3.8, 4) is 0 Å². The van der Waals surface area contributed by atoms with Gasteiger partial charge in [-0.3, -0.25) is 14.5 Å². The first-order chi connectivity index (χ1) is 17.9. The number of benzene rings is 1. The number of carbonyl (C=O) groups excluding carboxylic acids is 2. The van der Waals surface area contributed by atoms with Crippen LogP contribution in [0.3, 0.4) is 0 Å². The number of rotatable bonds is 9. The first kappa shape index (κ1) is 28.6. The predicted octanol–water partition coefficient (Wildman–Crippen LogP) is 1.75. The number of piperidine rings is 1. The van der Waals surface area contributed by atoms with Crippen LogP contribution in [0, 0.1) is 0 Å². The number of likely N-dealkylation sites (tertiary alicyclic amines) is 1. The Morgan fingerprint density at radius 2 is 1.42 bits per heavy atom. The first-order valence-electron chi connectivity index (χ1n) is 13.8. The molecule has 4 saturated heterocycles. The lowest BCUT2D eigenvalue weighted by molar-refractivity contribution is -0.117. The van der Waals surface area contributed by atoms with E-state index >= 15 is 0 Å². The molecule has 0 unspecified atom stereocenters. The SMILES string of the molecule is CNCCCN1CCC(c2ccccc2)(N(C)C)CC1.Cl.O=C1C=C(N2CC2)C(=O)C(N2CC2)=C1N1CC1. The zero-order valence-electron chi connectivity index (χ0n) is 23.1. The molecule has 9 heteroatoms. The summed E-state index contributed by atoms with van der Waals surface area (Å²) in [5, 5.41) is 3.23. The maximum Gasteiger partial charge on any atom is 0.227 e. The molecule has 0 aromatic heterocycles. The lowest BCUT2D eigenvalue weighted by Gasteiger charge is -2.46. The van der Waals surface area contributed by atoms with E-state index in [2.05, 4.69) is 59.5 Å². The van der Waals surface area contributed by atoms with Gasteiger partial charge in [-0.25, -0.2) is 0 Å². The largest absolute Gasteiger partial charge is 0.365 e. The van der Waals surface area contributed by atoms with E-state index in [0.717, 1.165) is 45.8 Å². The van der Waals surface area contributed by atoms with Crippen molar-refractivity contribution < 1.29 is 9.59 Å². The second-order valence-electron chi connectivity index (χ2n) is 11.0. The minimum Gasteiger partial charge on any atom is -0.365 e. The van der Waals surface area contributed by atoms with Gasteiger partial charge in [0.1, 0.15) is 11.4 Å². The third-order valence-corrected chi connectivity index (χ3v) is 8.24. The molecule has 1 N–H and O–H groups in total. The summed E-state index contributed by atoms with van der Waals surface area (Å²) in [7, 11) is 6.48. The maximum atomic E-state index is 12.4. The normalized spacial score (nSPS) is 22.1. The zero-order valence-corrected chi connectivity index (χ0v) is 23.9. The molecule has 5 aliphatic rings. The fourth-order valence-corrected chi connectivity index (χ4v) is 5.64. The standard InChI is InChI=1S/C17H29N3.C12H13N3O2.ClH/c1-18-12-7-13-20-14-10-17(11-15-20,19(2)3)16-8-5-4-6-9-16;16-9-7-8(13-1-2-13)12(17)11(15-5-6-15)10(9)14-3-4-14;/h4-6,8-9,18H,7,10-15H2,1-3H3;7H,1-6H2;1H. The molecule has 0 atom stereocenters. The van der Waals surface area contributed by atoms with E-state index < -0.39 is 0 Å². The molecule has 0 radical (unpaired) electrons. The number of halogens is 1. The number of carbonyl (C=O) groups is 2. The molecule has 4 heterocycles. The summed E-state index contributed by atoms with van der Waals surface area (Å²) in [6, 6.07) is 11.0. The Kier molecular flexibility index (Phi) is 9.19. The van der Waals surface area contributed by atoms with Crippen LogP contribution in [0.5, 0.6) is 0 Å². The zero-order chi connectivity index (χ0) is 26.0. The van der Waals surface area contributed by atoms with Crippen LogP contribution in [0.4, 0.5) is 0 Å². The summed E-state index contributed by atoms with van der Waals surface area (Å²) >= 11 is 0. The van der Waals surface area contributed by atoms with E-state index in [1.807, 2.05) is 21.7 Å². The average molecular weight is 543 g/mol. The Bertz CT molecular complexity index is 1050. The highest BCUT2D eigenvalue weighted by atomic mass is 35.5. The smallest absolute Gasteiger partial charge is 0.227 e. The van der Waals surface area contributed by atoms with Crippen molar-refractivity contribution in [1.29, 1.82) is 0 Å². The van der Waals surface area contributed by atoms with Gasteiger partial charge in [0.15, 0.2) is 0 Å². The predicted molar refractivity (Wildman–Crippen MR) is 153 cm³/mol. The Hall–Kier alpha value is -2.39. The molecular weight excluding hydrogens is 500 g/mol. The summed E-state index contributed by atoms with van der Waals surface area (Å²) in [5.41, 5.74) is 3.58. The van der Waals surface area contributed by atoms with Crippen LogP contribution in [0.15, 0.2) is 53.5 Å². The number of hydrogen-bond acceptors (Lipinski definition) is 8. The topological polar surface area (TPSA) is 61.7 Å². The van der Waals surface area contributed by atoms with Crippen LogP contribution < -0.4 is 5.32 Å². The van der Waals surface area contributed by atoms with Gasteiger partial charge in [-0.05, 0) is 59.1 Å². The van der Waals surface area contributed by atoms with E-state index in [1.54, 1.807) is 0 Å². The quantitative estimate of drug-likeness (QED) is 0.288. The maximum absolute atomic E-state index is 12.4. The number of nitrogens with zero attached hydrogens (tertiary/aromatic N) is 5. The van der Waals surface area contributed by atoms with Crippen molar-refractivity contribution >= 4 is 24.0 Å². The molecule has 8 nitrogen and oxygen atoms in total. The van der Waals surface area contributed by atoms with E-state index in [1.165, 1.54) is 50.5 Å². The van der Waals surface area contributed by atoms with Gasteiger partial charge in [-0.1, -0.05) is 30.3 Å². The molecule has 0 saturated carbocycles. The highest BCUT2D eigenvalue weighted by Crippen LogP contribution is 2.37. The van der Waals surface area contributed by atoms with Gasteiger partial charge in [0.2, 0.25) is 11.6 Å². The highest BCUT2D eigenvalue weighted by molar-refractivity contribution is 6.22. The van der Waals surface area contributed by atoms with Crippen molar-refractivity contribution in [3.63, 3.8) is 0 Å². The summed E-state index contributed by atoms with van der Waals surface area (Å²) in [6.45, 7) is 10.2. The van der Waals surface area contributed by atoms with E-state index in [9.17, 15) is 9.59 Å². The molecule has 1 aromatic rings. The van der Waals surface area contributed by atoms with Gasteiger partial charge in [0.05, 0.1) is 5.70 Å². The first-order valence-corrected chi connectivity index (χ1v) is 13.8. The second kappa shape index (κ2) is 12.2. The van der Waals surface area contributed by atoms with Crippen molar-refractivity contribution in [2.24, 2.45) is 0 Å². The van der Waals surface area contributed by atoms with Gasteiger partial charge in [0, 0.05) is 64.0 Å². The number of ketones is 2. The molecule has 0 spiro atoms. The van der Waals surface area contributed by atoms with Gasteiger partial charge in [-0.2, -0.15) is 0 Å². The summed E-state index contributed by atoms with van der Waals surface area (Å²) < 4.78 is 0. The molecule has 4 aliphatic heterocycles. The van der Waals surface area contributed by atoms with Crippen molar-refractivity contribution in [2.45, 2.75) is 24.8 Å². The van der Waals surface area contributed by atoms with Crippen LogP contribution in [-0.2, 0) is 15.1 Å². The monoisotopic (exact) mass is 542 g/mol. The van der Waals surface area contributed by atoms with Crippen molar-refractivity contribution in [2.75, 3.05) is 86.6 Å². The number of hydrogen-bond donors (Lipinski definition) is 1. The average Bonchev–Trinajstić information content (AvgIpc) is 3.76. The van der Waals surface area contributed by atoms with Crippen LogP contribution >= 0.6 is 12.4 Å². The lowest BCUT2D eigenvalue weighted by atomic mass is 9.80. The molecule has 6 rings (SSSR count). The fourth-order valence-electron chi connectivity index (χ4n) is 5.64. The fraction of sp³-hybridized carbons (Fsp3) is 0.586. The molecule has 1 aliphatic carbocycles. The number of nitrogens with one attached hydrogen (secondary N) is 1. The Labute approximate surface area is 233 Å². The molecule has 4 fully saturated rings. The van der Waals surface area contributed by atoms with Crippen LogP contribution in [0.2, 0.25) is 0 Å².